The van der Waals surface area contributed by atoms with Gasteiger partial charge in [0.05, 0.1) is 6.61 Å². The quantitative estimate of drug-likeness (QED) is 0.534. The normalized spacial score (nSPS) is 11.2. The molecule has 0 fully saturated rings. The number of rotatable bonds is 9. The van der Waals surface area contributed by atoms with Gasteiger partial charge in [-0.2, -0.15) is 0 Å². The molecule has 2 aromatic carbocycles. The van der Waals surface area contributed by atoms with E-state index >= 15 is 0 Å². The van der Waals surface area contributed by atoms with Crippen molar-refractivity contribution in [2.75, 3.05) is 11.9 Å². The van der Waals surface area contributed by atoms with E-state index in [9.17, 15) is 14.4 Å². The average Bonchev–Trinajstić information content (AvgIpc) is 2.74. The number of carbonyl (C=O) groups excluding carboxylic acids is 3. The number of ether oxygens (including phenoxy) is 2. The van der Waals surface area contributed by atoms with E-state index in [1.165, 1.54) is 0 Å². The van der Waals surface area contributed by atoms with Crippen molar-refractivity contribution in [1.82, 2.24) is 10.9 Å². The van der Waals surface area contributed by atoms with Gasteiger partial charge in [0, 0.05) is 18.5 Å². The van der Waals surface area contributed by atoms with Crippen molar-refractivity contribution in [3.63, 3.8) is 0 Å². The number of anilines is 1. The fourth-order valence-electron chi connectivity index (χ4n) is 2.63. The van der Waals surface area contributed by atoms with Gasteiger partial charge in [-0.05, 0) is 69.2 Å². The maximum absolute atomic E-state index is 12.2. The zero-order valence-electron chi connectivity index (χ0n) is 18.3. The summed E-state index contributed by atoms with van der Waals surface area (Å²) in [5.74, 6) is 0.0470. The molecule has 0 aromatic heterocycles. The van der Waals surface area contributed by atoms with Crippen molar-refractivity contribution < 1.29 is 23.9 Å². The largest absolute Gasteiger partial charge is 0.494 e. The van der Waals surface area contributed by atoms with Crippen molar-refractivity contribution in [2.24, 2.45) is 0 Å². The lowest BCUT2D eigenvalue weighted by Crippen LogP contribution is -2.47. The Morgan fingerprint density at radius 3 is 2.29 bits per heavy atom. The van der Waals surface area contributed by atoms with Gasteiger partial charge in [-0.3, -0.25) is 25.2 Å². The van der Waals surface area contributed by atoms with Crippen molar-refractivity contribution in [3.8, 4) is 11.5 Å². The minimum atomic E-state index is -0.802. The van der Waals surface area contributed by atoms with Gasteiger partial charge in [0.25, 0.3) is 5.91 Å². The fraction of sp³-hybridized carbons (Fsp3) is 0.348. The lowest BCUT2D eigenvalue weighted by atomic mass is 10.1. The van der Waals surface area contributed by atoms with Crippen LogP contribution in [0.2, 0.25) is 0 Å². The zero-order valence-corrected chi connectivity index (χ0v) is 18.3. The van der Waals surface area contributed by atoms with Gasteiger partial charge in [-0.25, -0.2) is 0 Å². The number of nitrogens with one attached hydrogen (secondary N) is 3. The number of hydrazine groups is 1. The van der Waals surface area contributed by atoms with E-state index in [0.29, 0.717) is 23.8 Å². The second kappa shape index (κ2) is 11.6. The third-order valence-electron chi connectivity index (χ3n) is 4.37. The molecule has 8 heteroatoms. The number of aryl methyl sites for hydroxylation is 2. The van der Waals surface area contributed by atoms with Crippen LogP contribution in [0, 0.1) is 13.8 Å². The molecule has 0 spiro atoms. The van der Waals surface area contributed by atoms with E-state index in [-0.39, 0.29) is 18.7 Å². The molecule has 0 aliphatic rings. The van der Waals surface area contributed by atoms with E-state index < -0.39 is 17.9 Å². The molecule has 2 rings (SSSR count). The Bertz CT molecular complexity index is 912. The number of hydrogen-bond acceptors (Lipinski definition) is 5. The van der Waals surface area contributed by atoms with Gasteiger partial charge >= 0.3 is 0 Å². The Hall–Kier alpha value is -3.55. The predicted octanol–water partition coefficient (Wildman–Crippen LogP) is 3.04. The van der Waals surface area contributed by atoms with Gasteiger partial charge in [-0.1, -0.05) is 12.1 Å². The smallest absolute Gasteiger partial charge is 0.279 e. The summed E-state index contributed by atoms with van der Waals surface area (Å²) < 4.78 is 11.0. The van der Waals surface area contributed by atoms with E-state index in [1.807, 2.05) is 39.0 Å². The Labute approximate surface area is 182 Å². The van der Waals surface area contributed by atoms with Gasteiger partial charge in [0.15, 0.2) is 6.10 Å². The molecular weight excluding hydrogens is 398 g/mol. The topological polar surface area (TPSA) is 106 Å². The monoisotopic (exact) mass is 427 g/mol. The molecule has 3 N–H and O–H groups in total. The van der Waals surface area contributed by atoms with Gasteiger partial charge in [-0.15, -0.1) is 0 Å². The predicted molar refractivity (Wildman–Crippen MR) is 118 cm³/mol. The Morgan fingerprint density at radius 2 is 1.61 bits per heavy atom. The highest BCUT2D eigenvalue weighted by Gasteiger charge is 2.17. The van der Waals surface area contributed by atoms with Crippen LogP contribution in [0.5, 0.6) is 11.5 Å². The summed E-state index contributed by atoms with van der Waals surface area (Å²) in [4.78, 5) is 36.1. The molecule has 0 heterocycles. The molecule has 2 aromatic rings. The molecular formula is C23H29N3O5. The van der Waals surface area contributed by atoms with E-state index in [4.69, 9.17) is 9.47 Å². The summed E-state index contributed by atoms with van der Waals surface area (Å²) in [5.41, 5.74) is 7.16. The van der Waals surface area contributed by atoms with Crippen molar-refractivity contribution >= 4 is 23.4 Å². The van der Waals surface area contributed by atoms with Crippen LogP contribution in [0.15, 0.2) is 42.5 Å². The molecule has 31 heavy (non-hydrogen) atoms. The third-order valence-corrected chi connectivity index (χ3v) is 4.37. The highest BCUT2D eigenvalue weighted by atomic mass is 16.5. The number of carbonyl (C=O) groups is 3. The van der Waals surface area contributed by atoms with Crippen LogP contribution in [-0.4, -0.2) is 30.4 Å². The standard InChI is InChI=1S/C23H29N3O5/c1-5-30-19-10-8-18(9-11-19)24-21(27)12-13-22(28)25-26-23(29)17(4)31-20-14-15(2)6-7-16(20)3/h6-11,14,17H,5,12-13H2,1-4H3,(H,24,27)(H,25,28)(H,26,29). The summed E-state index contributed by atoms with van der Waals surface area (Å²) in [7, 11) is 0. The molecule has 8 nitrogen and oxygen atoms in total. The van der Waals surface area contributed by atoms with Crippen molar-refractivity contribution in [2.45, 2.75) is 46.6 Å². The molecule has 0 aliphatic heterocycles. The summed E-state index contributed by atoms with van der Waals surface area (Å²) in [5, 5.41) is 2.70. The summed E-state index contributed by atoms with van der Waals surface area (Å²) in [6, 6.07) is 12.7. The van der Waals surface area contributed by atoms with Crippen LogP contribution in [0.1, 0.15) is 37.8 Å². The Balaban J connectivity index is 1.71. The molecule has 0 aliphatic carbocycles. The maximum atomic E-state index is 12.2. The fourth-order valence-corrected chi connectivity index (χ4v) is 2.63. The van der Waals surface area contributed by atoms with E-state index in [1.54, 1.807) is 31.2 Å². The van der Waals surface area contributed by atoms with Gasteiger partial charge < -0.3 is 14.8 Å². The SMILES string of the molecule is CCOc1ccc(NC(=O)CCC(=O)NNC(=O)C(C)Oc2cc(C)ccc2C)cc1. The maximum Gasteiger partial charge on any atom is 0.279 e. The van der Waals surface area contributed by atoms with Crippen molar-refractivity contribution in [3.05, 3.63) is 53.6 Å². The summed E-state index contributed by atoms with van der Waals surface area (Å²) >= 11 is 0. The Kier molecular flexibility index (Phi) is 8.87. The molecule has 0 saturated carbocycles. The lowest BCUT2D eigenvalue weighted by molar-refractivity contribution is -0.133. The van der Waals surface area contributed by atoms with E-state index in [0.717, 1.165) is 11.1 Å². The number of hydrogen-bond donors (Lipinski definition) is 3. The first kappa shape index (κ1) is 23.7. The van der Waals surface area contributed by atoms with Crippen LogP contribution in [0.4, 0.5) is 5.69 Å². The minimum Gasteiger partial charge on any atom is -0.494 e. The second-order valence-corrected chi connectivity index (χ2v) is 7.07. The first-order valence-corrected chi connectivity index (χ1v) is 10.1. The summed E-state index contributed by atoms with van der Waals surface area (Å²) in [6.07, 6.45) is -0.900. The second-order valence-electron chi connectivity index (χ2n) is 7.07. The lowest BCUT2D eigenvalue weighted by Gasteiger charge is -2.17. The first-order chi connectivity index (χ1) is 14.8. The first-order valence-electron chi connectivity index (χ1n) is 10.1. The summed E-state index contributed by atoms with van der Waals surface area (Å²) in [6.45, 7) is 7.87. The third kappa shape index (κ3) is 8.00. The molecule has 0 saturated heterocycles. The molecule has 3 amide bonds. The van der Waals surface area contributed by atoms with Gasteiger partial charge in [0.1, 0.15) is 11.5 Å². The molecule has 1 atom stereocenters. The van der Waals surface area contributed by atoms with Crippen LogP contribution >= 0.6 is 0 Å². The van der Waals surface area contributed by atoms with Crippen LogP contribution in [0.3, 0.4) is 0 Å². The van der Waals surface area contributed by atoms with Crippen LogP contribution in [0.25, 0.3) is 0 Å². The minimum absolute atomic E-state index is 0.0243. The average molecular weight is 428 g/mol. The molecule has 1 unspecified atom stereocenters. The van der Waals surface area contributed by atoms with Crippen molar-refractivity contribution in [1.29, 1.82) is 0 Å². The number of amides is 3. The zero-order chi connectivity index (χ0) is 22.8. The molecule has 0 bridgehead atoms. The number of benzene rings is 2. The van der Waals surface area contributed by atoms with E-state index in [2.05, 4.69) is 16.2 Å². The molecule has 0 radical (unpaired) electrons. The van der Waals surface area contributed by atoms with Gasteiger partial charge in [0.2, 0.25) is 11.8 Å². The highest BCUT2D eigenvalue weighted by molar-refractivity contribution is 5.93. The highest BCUT2D eigenvalue weighted by Crippen LogP contribution is 2.20. The van der Waals surface area contributed by atoms with Crippen LogP contribution in [-0.2, 0) is 14.4 Å². The Morgan fingerprint density at radius 1 is 0.935 bits per heavy atom. The van der Waals surface area contributed by atoms with Crippen LogP contribution < -0.4 is 25.6 Å². The molecule has 166 valence electrons.